The molecule has 0 bridgehead atoms. The minimum Gasteiger partial charge on any atom is -0.385 e. The highest BCUT2D eigenvalue weighted by molar-refractivity contribution is 7.77. The summed E-state index contributed by atoms with van der Waals surface area (Å²) in [7, 11) is 0. The standard InChI is InChI=1S/C14H19N3O.C7H9FOS.H3NS/c1-8(2)11-5-10(7-15)6-12(9(3)4)13(11)17-14(16)18;1-7(2,9)6-3-5(8)4-10-6;1-2/h5-6,8-9H,1-4H3,(H3,16,17,18);3-4,9H,1-2H3;2H,1H2. The van der Waals surface area contributed by atoms with Gasteiger partial charge in [0, 0.05) is 15.9 Å². The van der Waals surface area contributed by atoms with Crippen LogP contribution in [0.2, 0.25) is 0 Å². The van der Waals surface area contributed by atoms with Crippen LogP contribution in [0.25, 0.3) is 0 Å². The second kappa shape index (κ2) is 12.5. The fourth-order valence-electron chi connectivity index (χ4n) is 2.56. The Morgan fingerprint density at radius 1 is 1.20 bits per heavy atom. The number of nitrogens with two attached hydrogens (primary N) is 2. The highest BCUT2D eigenvalue weighted by Crippen LogP contribution is 2.33. The number of hydrogen-bond acceptors (Lipinski definition) is 6. The van der Waals surface area contributed by atoms with Gasteiger partial charge in [0.25, 0.3) is 0 Å². The zero-order chi connectivity index (χ0) is 23.6. The van der Waals surface area contributed by atoms with E-state index in [1.54, 1.807) is 13.8 Å². The molecule has 30 heavy (non-hydrogen) atoms. The number of benzene rings is 1. The summed E-state index contributed by atoms with van der Waals surface area (Å²) in [5.74, 6) is 0.137. The summed E-state index contributed by atoms with van der Waals surface area (Å²) in [5.41, 5.74) is 7.54. The second-order valence-electron chi connectivity index (χ2n) is 7.63. The average molecular weight is 455 g/mol. The molecule has 0 saturated carbocycles. The molecule has 1 aromatic carbocycles. The van der Waals surface area contributed by atoms with Crippen molar-refractivity contribution in [2.24, 2.45) is 10.9 Å². The quantitative estimate of drug-likeness (QED) is 0.407. The lowest BCUT2D eigenvalue weighted by Crippen LogP contribution is -2.22. The Labute approximate surface area is 187 Å². The first-order valence-electron chi connectivity index (χ1n) is 9.23. The Bertz CT molecular complexity index is 840. The van der Waals surface area contributed by atoms with E-state index in [9.17, 15) is 14.3 Å². The zero-order valence-electron chi connectivity index (χ0n) is 18.2. The summed E-state index contributed by atoms with van der Waals surface area (Å²) >= 11 is 4.26. The number of halogens is 1. The Kier molecular flexibility index (Phi) is 11.7. The average Bonchev–Trinajstić information content (AvgIpc) is 3.10. The Morgan fingerprint density at radius 2 is 1.67 bits per heavy atom. The van der Waals surface area contributed by atoms with Crippen LogP contribution in [-0.2, 0) is 5.60 Å². The summed E-state index contributed by atoms with van der Waals surface area (Å²) in [4.78, 5) is 11.8. The highest BCUT2D eigenvalue weighted by atomic mass is 32.1. The fraction of sp³-hybridized carbons (Fsp3) is 0.429. The summed E-state index contributed by atoms with van der Waals surface area (Å²) in [6.45, 7) is 11.4. The molecule has 1 aromatic heterocycles. The van der Waals surface area contributed by atoms with Gasteiger partial charge in [0.1, 0.15) is 5.82 Å². The van der Waals surface area contributed by atoms with Crippen LogP contribution in [0.4, 0.5) is 14.9 Å². The minimum atomic E-state index is -0.908. The Hall–Kier alpha value is -2.12. The van der Waals surface area contributed by atoms with Crippen molar-refractivity contribution in [1.29, 1.82) is 5.26 Å². The maximum atomic E-state index is 12.4. The molecule has 0 radical (unpaired) electrons. The molecule has 0 aliphatic heterocycles. The third-order valence-electron chi connectivity index (χ3n) is 3.99. The van der Waals surface area contributed by atoms with Gasteiger partial charge in [-0.2, -0.15) is 5.26 Å². The number of carbonyl (C=O) groups excluding carboxylic acids is 1. The van der Waals surface area contributed by atoms with Gasteiger partial charge in [-0.1, -0.05) is 27.7 Å². The van der Waals surface area contributed by atoms with Crippen molar-refractivity contribution in [3.05, 3.63) is 51.0 Å². The maximum Gasteiger partial charge on any atom is 0.316 e. The van der Waals surface area contributed by atoms with E-state index < -0.39 is 11.6 Å². The van der Waals surface area contributed by atoms with E-state index in [1.165, 1.54) is 22.8 Å². The number of rotatable bonds is 4. The molecule has 0 spiro atoms. The molecule has 0 aliphatic carbocycles. The second-order valence-corrected chi connectivity index (χ2v) is 8.54. The van der Waals surface area contributed by atoms with Gasteiger partial charge >= 0.3 is 6.03 Å². The lowest BCUT2D eigenvalue weighted by Gasteiger charge is -2.20. The summed E-state index contributed by atoms with van der Waals surface area (Å²) in [5, 5.41) is 26.7. The van der Waals surface area contributed by atoms with E-state index in [1.807, 2.05) is 39.8 Å². The van der Waals surface area contributed by atoms with Crippen LogP contribution in [0.3, 0.4) is 0 Å². The van der Waals surface area contributed by atoms with Gasteiger partial charge < -0.3 is 16.2 Å². The molecule has 0 saturated heterocycles. The first-order valence-corrected chi connectivity index (χ1v) is 10.6. The molecule has 6 nitrogen and oxygen atoms in total. The van der Waals surface area contributed by atoms with Gasteiger partial charge in [0.2, 0.25) is 0 Å². The van der Waals surface area contributed by atoms with E-state index in [4.69, 9.17) is 11.0 Å². The molecule has 0 aliphatic rings. The number of primary amides is 1. The van der Waals surface area contributed by atoms with Gasteiger partial charge in [-0.3, -0.25) is 5.14 Å². The van der Waals surface area contributed by atoms with Crippen LogP contribution in [-0.4, -0.2) is 11.1 Å². The lowest BCUT2D eigenvalue weighted by molar-refractivity contribution is 0.0823. The molecule has 2 amide bonds. The van der Waals surface area contributed by atoms with Gasteiger partial charge in [0.05, 0.1) is 17.2 Å². The largest absolute Gasteiger partial charge is 0.385 e. The van der Waals surface area contributed by atoms with Gasteiger partial charge in [-0.25, -0.2) is 9.18 Å². The number of thiophene rings is 1. The van der Waals surface area contributed by atoms with Crippen LogP contribution in [0.1, 0.15) is 74.9 Å². The number of nitrogens with zero attached hydrogens (tertiary/aromatic N) is 1. The molecule has 0 atom stereocenters. The zero-order valence-corrected chi connectivity index (χ0v) is 19.9. The lowest BCUT2D eigenvalue weighted by atomic mass is 9.90. The third kappa shape index (κ3) is 8.71. The Morgan fingerprint density at radius 3 is 1.90 bits per heavy atom. The number of thiol groups is 1. The number of nitriles is 1. The summed E-state index contributed by atoms with van der Waals surface area (Å²) < 4.78 is 12.4. The molecule has 1 heterocycles. The molecular formula is C21H31FN4O2S2. The predicted octanol–water partition coefficient (Wildman–Crippen LogP) is 5.20. The minimum absolute atomic E-state index is 0.206. The van der Waals surface area contributed by atoms with E-state index in [-0.39, 0.29) is 17.7 Å². The van der Waals surface area contributed by atoms with Crippen LogP contribution in [0.5, 0.6) is 0 Å². The molecule has 6 N–H and O–H groups in total. The van der Waals surface area contributed by atoms with Crippen molar-refractivity contribution in [3.8, 4) is 6.07 Å². The highest BCUT2D eigenvalue weighted by Gasteiger charge is 2.18. The van der Waals surface area contributed by atoms with E-state index in [0.717, 1.165) is 16.8 Å². The monoisotopic (exact) mass is 454 g/mol. The van der Waals surface area contributed by atoms with Gasteiger partial charge in [-0.15, -0.1) is 24.2 Å². The smallest absolute Gasteiger partial charge is 0.316 e. The van der Waals surface area contributed by atoms with Crippen LogP contribution in [0, 0.1) is 17.1 Å². The van der Waals surface area contributed by atoms with E-state index >= 15 is 0 Å². The fourth-order valence-corrected chi connectivity index (χ4v) is 3.34. The SMILES string of the molecule is CC(C)(O)c1cc(F)cs1.CC(C)c1cc(C#N)cc(C(C)C)c1NC(N)=O.NS. The van der Waals surface area contributed by atoms with Gasteiger partial charge in [0.15, 0.2) is 0 Å². The first kappa shape index (κ1) is 27.9. The number of aliphatic hydroxyl groups is 1. The number of carbonyl (C=O) groups is 1. The van der Waals surface area contributed by atoms with Crippen molar-refractivity contribution >= 4 is 35.9 Å². The number of urea groups is 1. The number of hydrogen-bond donors (Lipinski definition) is 5. The molecule has 0 unspecified atom stereocenters. The number of amides is 2. The number of nitrogens with one attached hydrogen (secondary N) is 1. The van der Waals surface area contributed by atoms with Crippen molar-refractivity contribution in [2.75, 3.05) is 5.32 Å². The third-order valence-corrected chi connectivity index (χ3v) is 5.21. The molecular weight excluding hydrogens is 423 g/mol. The number of anilines is 1. The molecule has 2 aromatic rings. The van der Waals surface area contributed by atoms with Crippen molar-refractivity contribution in [2.45, 2.75) is 59.0 Å². The van der Waals surface area contributed by atoms with Crippen molar-refractivity contribution in [3.63, 3.8) is 0 Å². The summed E-state index contributed by atoms with van der Waals surface area (Å²) in [6, 6.07) is 6.54. The molecule has 2 rings (SSSR count). The maximum absolute atomic E-state index is 12.4. The normalized spacial score (nSPS) is 10.5. The predicted molar refractivity (Wildman–Crippen MR) is 125 cm³/mol. The van der Waals surface area contributed by atoms with E-state index in [2.05, 4.69) is 29.3 Å². The van der Waals surface area contributed by atoms with Gasteiger partial charge in [-0.05, 0) is 55.0 Å². The van der Waals surface area contributed by atoms with Crippen LogP contribution in [0.15, 0.2) is 23.6 Å². The van der Waals surface area contributed by atoms with Crippen molar-refractivity contribution in [1.82, 2.24) is 0 Å². The molecule has 9 heteroatoms. The topological polar surface area (TPSA) is 125 Å². The summed E-state index contributed by atoms with van der Waals surface area (Å²) in [6.07, 6.45) is 0. The van der Waals surface area contributed by atoms with Crippen LogP contribution >= 0.6 is 24.2 Å². The Balaban J connectivity index is 0.000000590. The van der Waals surface area contributed by atoms with Crippen molar-refractivity contribution < 1.29 is 14.3 Å². The first-order chi connectivity index (χ1) is 13.9. The van der Waals surface area contributed by atoms with E-state index in [0.29, 0.717) is 10.4 Å². The van der Waals surface area contributed by atoms with Crippen LogP contribution < -0.4 is 16.2 Å². The molecule has 0 fully saturated rings. The molecule has 166 valence electrons.